The Kier molecular flexibility index (Phi) is 4.58. The van der Waals surface area contributed by atoms with Crippen molar-refractivity contribution in [2.24, 2.45) is 5.92 Å². The Bertz CT molecular complexity index is 1020. The van der Waals surface area contributed by atoms with E-state index in [1.165, 1.54) is 10.8 Å². The molecule has 140 valence electrons. The molecule has 0 aliphatic heterocycles. The maximum atomic E-state index is 7.97. The zero-order valence-corrected chi connectivity index (χ0v) is 18.0. The van der Waals surface area contributed by atoms with Crippen LogP contribution in [0.25, 0.3) is 22.4 Å². The fourth-order valence-corrected chi connectivity index (χ4v) is 5.09. The zero-order chi connectivity index (χ0) is 22.1. The van der Waals surface area contributed by atoms with Gasteiger partial charge in [-0.3, -0.25) is 4.98 Å². The molecular weight excluding hydrogens is 342 g/mol. The van der Waals surface area contributed by atoms with Crippen LogP contribution in [0.4, 0.5) is 0 Å². The maximum absolute atomic E-state index is 7.97. The summed E-state index contributed by atoms with van der Waals surface area (Å²) >= 11 is 0. The predicted molar refractivity (Wildman–Crippen MR) is 121 cm³/mol. The second-order valence-electron chi connectivity index (χ2n) is 8.70. The molecule has 0 aliphatic carbocycles. The molecule has 0 radical (unpaired) electrons. The highest BCUT2D eigenvalue weighted by atomic mass is 28.3. The second-order valence-corrected chi connectivity index (χ2v) is 13.7. The van der Waals surface area contributed by atoms with Gasteiger partial charge in [0.25, 0.3) is 0 Å². The molecule has 0 saturated carbocycles. The van der Waals surface area contributed by atoms with Crippen LogP contribution < -0.4 is 5.19 Å². The Morgan fingerprint density at radius 1 is 0.963 bits per heavy atom. The lowest BCUT2D eigenvalue weighted by Crippen LogP contribution is -2.40. The van der Waals surface area contributed by atoms with Crippen LogP contribution >= 0.6 is 0 Å². The number of aryl methyl sites for hydroxylation is 1. The first-order chi connectivity index (χ1) is 14.0. The average Bonchev–Trinajstić information content (AvgIpc) is 2.66. The van der Waals surface area contributed by atoms with Crippen LogP contribution in [-0.4, -0.2) is 13.1 Å². The van der Waals surface area contributed by atoms with Gasteiger partial charge in [-0.2, -0.15) is 0 Å². The molecule has 0 N–H and O–H groups in total. The van der Waals surface area contributed by atoms with Crippen molar-refractivity contribution in [2.75, 3.05) is 0 Å². The van der Waals surface area contributed by atoms with Gasteiger partial charge in [0, 0.05) is 15.9 Å². The quantitative estimate of drug-likeness (QED) is 0.465. The third-order valence-electron chi connectivity index (χ3n) is 4.83. The molecule has 27 heavy (non-hydrogen) atoms. The van der Waals surface area contributed by atoms with Gasteiger partial charge < -0.3 is 0 Å². The van der Waals surface area contributed by atoms with E-state index in [2.05, 4.69) is 45.8 Å². The Hall–Kier alpha value is -2.19. The minimum atomic E-state index is -2.17. The summed E-state index contributed by atoms with van der Waals surface area (Å²) < 4.78 is 23.9. The van der Waals surface area contributed by atoms with Crippen LogP contribution in [0.3, 0.4) is 0 Å². The van der Waals surface area contributed by atoms with Crippen molar-refractivity contribution in [3.05, 3.63) is 71.9 Å². The first-order valence-corrected chi connectivity index (χ1v) is 13.2. The third kappa shape index (κ3) is 4.56. The summed E-state index contributed by atoms with van der Waals surface area (Å²) in [6.07, 6.45) is 3.08. The van der Waals surface area contributed by atoms with Gasteiger partial charge in [0.1, 0.15) is 0 Å². The largest absolute Gasteiger partial charge is 0.256 e. The molecule has 2 heteroatoms. The molecule has 0 aliphatic rings. The lowest BCUT2D eigenvalue weighted by molar-refractivity contribution is 0.649. The summed E-state index contributed by atoms with van der Waals surface area (Å²) in [6.45, 7) is 9.38. The van der Waals surface area contributed by atoms with Gasteiger partial charge in [-0.25, -0.2) is 0 Å². The molecule has 0 unspecified atom stereocenters. The van der Waals surface area contributed by atoms with Crippen LogP contribution in [-0.2, 0) is 6.42 Å². The first kappa shape index (κ1) is 15.8. The summed E-state index contributed by atoms with van der Waals surface area (Å²) in [5.41, 5.74) is 5.26. The smallest absolute Gasteiger partial charge is 0.0799 e. The van der Waals surface area contributed by atoms with Gasteiger partial charge in [-0.1, -0.05) is 76.0 Å². The molecule has 2 aromatic carbocycles. The number of benzene rings is 2. The topological polar surface area (TPSA) is 12.9 Å². The van der Waals surface area contributed by atoms with Crippen molar-refractivity contribution >= 4 is 13.3 Å². The van der Waals surface area contributed by atoms with Crippen molar-refractivity contribution in [3.63, 3.8) is 0 Å². The SMILES string of the molecule is [2H]C([2H])([2H])c1ccc(-c2cc(CC(C)C)c([Si](C)(C)C)cn2)cc1-c1ccccc1. The summed E-state index contributed by atoms with van der Waals surface area (Å²) in [5.74, 6) is 0.563. The van der Waals surface area contributed by atoms with E-state index < -0.39 is 14.9 Å². The summed E-state index contributed by atoms with van der Waals surface area (Å²) in [4.78, 5) is 4.80. The molecule has 0 spiro atoms. The third-order valence-corrected chi connectivity index (χ3v) is 6.89. The monoisotopic (exact) mass is 376 g/mol. The van der Waals surface area contributed by atoms with Crippen LogP contribution in [0.15, 0.2) is 60.8 Å². The zero-order valence-electron chi connectivity index (χ0n) is 20.0. The average molecular weight is 377 g/mol. The fourth-order valence-electron chi connectivity index (χ4n) is 3.50. The Balaban J connectivity index is 2.17. The first-order valence-electron chi connectivity index (χ1n) is 11.2. The van der Waals surface area contributed by atoms with Gasteiger partial charge in [0.2, 0.25) is 0 Å². The molecule has 1 heterocycles. The summed E-state index contributed by atoms with van der Waals surface area (Å²) in [7, 11) is -1.50. The molecule has 1 nitrogen and oxygen atoms in total. The van der Waals surface area contributed by atoms with E-state index in [4.69, 9.17) is 9.10 Å². The van der Waals surface area contributed by atoms with Gasteiger partial charge >= 0.3 is 0 Å². The number of aromatic nitrogens is 1. The Morgan fingerprint density at radius 3 is 2.33 bits per heavy atom. The summed E-state index contributed by atoms with van der Waals surface area (Å²) in [6, 6.07) is 17.6. The van der Waals surface area contributed by atoms with E-state index in [0.717, 1.165) is 28.8 Å². The number of pyridine rings is 1. The number of rotatable bonds is 5. The molecule has 1 aromatic heterocycles. The second kappa shape index (κ2) is 7.81. The molecular formula is C25H31NSi. The molecule has 3 rings (SSSR count). The van der Waals surface area contributed by atoms with Crippen molar-refractivity contribution < 1.29 is 4.11 Å². The van der Waals surface area contributed by atoms with Crippen LogP contribution in [0.5, 0.6) is 0 Å². The van der Waals surface area contributed by atoms with Crippen molar-refractivity contribution in [2.45, 2.75) is 46.8 Å². The predicted octanol–water partition coefficient (Wildman–Crippen LogP) is 6.47. The van der Waals surface area contributed by atoms with Gasteiger partial charge in [0.05, 0.1) is 13.8 Å². The van der Waals surface area contributed by atoms with Crippen LogP contribution in [0.2, 0.25) is 19.6 Å². The lowest BCUT2D eigenvalue weighted by Gasteiger charge is -2.22. The number of hydrogen-bond acceptors (Lipinski definition) is 1. The van der Waals surface area contributed by atoms with E-state index in [-0.39, 0.29) is 0 Å². The molecule has 0 amide bonds. The molecule has 0 fully saturated rings. The Morgan fingerprint density at radius 2 is 1.70 bits per heavy atom. The van der Waals surface area contributed by atoms with Crippen molar-refractivity contribution in [3.8, 4) is 22.4 Å². The van der Waals surface area contributed by atoms with E-state index in [1.54, 1.807) is 6.07 Å². The van der Waals surface area contributed by atoms with E-state index in [0.29, 0.717) is 11.5 Å². The fraction of sp³-hybridized carbons (Fsp3) is 0.320. The van der Waals surface area contributed by atoms with E-state index in [9.17, 15) is 0 Å². The normalized spacial score (nSPS) is 13.9. The van der Waals surface area contributed by atoms with Crippen LogP contribution in [0.1, 0.15) is 29.1 Å². The number of nitrogens with zero attached hydrogens (tertiary/aromatic N) is 1. The Labute approximate surface area is 169 Å². The molecule has 3 aromatic rings. The van der Waals surface area contributed by atoms with Crippen molar-refractivity contribution in [1.29, 1.82) is 0 Å². The van der Waals surface area contributed by atoms with Gasteiger partial charge in [-0.15, -0.1) is 0 Å². The maximum Gasteiger partial charge on any atom is 0.0799 e. The molecule has 0 saturated heterocycles. The van der Waals surface area contributed by atoms with E-state index >= 15 is 0 Å². The molecule has 0 bridgehead atoms. The van der Waals surface area contributed by atoms with Gasteiger partial charge in [-0.05, 0) is 58.8 Å². The van der Waals surface area contributed by atoms with Crippen LogP contribution in [0, 0.1) is 12.8 Å². The lowest BCUT2D eigenvalue weighted by atomic mass is 9.96. The highest BCUT2D eigenvalue weighted by Gasteiger charge is 2.22. The molecule has 0 atom stereocenters. The minimum absolute atomic E-state index is 0.374. The van der Waals surface area contributed by atoms with Crippen molar-refractivity contribution in [1.82, 2.24) is 4.98 Å². The van der Waals surface area contributed by atoms with E-state index in [1.807, 2.05) is 42.5 Å². The number of hydrogen-bond donors (Lipinski definition) is 0. The van der Waals surface area contributed by atoms with Gasteiger partial charge in [0.15, 0.2) is 0 Å². The standard InChI is InChI=1S/C25H31NSi/c1-18(2)14-22-16-24(26-17-25(22)27(4,5)6)21-13-12-19(3)23(15-21)20-10-8-7-9-11-20/h7-13,15-18H,14H2,1-6H3/i3D3. The highest BCUT2D eigenvalue weighted by molar-refractivity contribution is 6.89. The minimum Gasteiger partial charge on any atom is -0.256 e. The highest BCUT2D eigenvalue weighted by Crippen LogP contribution is 2.29. The summed E-state index contributed by atoms with van der Waals surface area (Å²) in [5, 5.41) is 1.40.